The Morgan fingerprint density at radius 3 is 2.69 bits per heavy atom. The van der Waals surface area contributed by atoms with Crippen LogP contribution < -0.4 is 10.7 Å². The summed E-state index contributed by atoms with van der Waals surface area (Å²) in [5.41, 5.74) is 5.03. The van der Waals surface area contributed by atoms with Crippen molar-refractivity contribution in [3.63, 3.8) is 0 Å². The van der Waals surface area contributed by atoms with Gasteiger partial charge in [0.05, 0.1) is 5.52 Å². The van der Waals surface area contributed by atoms with Crippen LogP contribution in [0.2, 0.25) is 0 Å². The maximum atomic E-state index is 13.0. The molecule has 0 fully saturated rings. The third-order valence-corrected chi connectivity index (χ3v) is 5.21. The maximum absolute atomic E-state index is 13.0. The molecular formula is C22H22N2O2. The Balaban J connectivity index is 1.81. The number of aromatic nitrogens is 1. The molecule has 0 aliphatic carbocycles. The fraction of sp³-hybridized carbons (Fsp3) is 0.273. The Morgan fingerprint density at radius 2 is 1.92 bits per heavy atom. The van der Waals surface area contributed by atoms with Crippen LogP contribution in [0, 0.1) is 6.92 Å². The normalized spacial score (nSPS) is 12.8. The van der Waals surface area contributed by atoms with Crippen molar-refractivity contribution in [3.8, 4) is 0 Å². The highest BCUT2D eigenvalue weighted by Crippen LogP contribution is 2.28. The molecule has 26 heavy (non-hydrogen) atoms. The van der Waals surface area contributed by atoms with Crippen LogP contribution >= 0.6 is 0 Å². The minimum Gasteiger partial charge on any atom is -0.346 e. The van der Waals surface area contributed by atoms with Crippen LogP contribution in [0.5, 0.6) is 0 Å². The van der Waals surface area contributed by atoms with Gasteiger partial charge in [0.15, 0.2) is 0 Å². The summed E-state index contributed by atoms with van der Waals surface area (Å²) in [7, 11) is 0. The molecule has 1 aromatic heterocycles. The second-order valence-electron chi connectivity index (χ2n) is 7.28. The van der Waals surface area contributed by atoms with Crippen LogP contribution in [0.3, 0.4) is 0 Å². The van der Waals surface area contributed by atoms with Gasteiger partial charge in [-0.25, -0.2) is 0 Å². The van der Waals surface area contributed by atoms with E-state index in [4.69, 9.17) is 0 Å². The first-order chi connectivity index (χ1) is 12.5. The molecule has 2 aromatic carbocycles. The van der Waals surface area contributed by atoms with Gasteiger partial charge >= 0.3 is 0 Å². The lowest BCUT2D eigenvalue weighted by Crippen LogP contribution is -2.24. The van der Waals surface area contributed by atoms with Gasteiger partial charge in [-0.05, 0) is 42.0 Å². The molecule has 2 heterocycles. The van der Waals surface area contributed by atoms with Gasteiger partial charge in [-0.1, -0.05) is 44.2 Å². The van der Waals surface area contributed by atoms with Crippen molar-refractivity contribution in [1.82, 2.24) is 4.57 Å². The molecule has 3 aromatic rings. The largest absolute Gasteiger partial charge is 0.346 e. The molecule has 132 valence electrons. The minimum atomic E-state index is -0.339. The Bertz CT molecular complexity index is 1090. The van der Waals surface area contributed by atoms with E-state index in [1.54, 1.807) is 6.20 Å². The number of rotatable bonds is 3. The standard InChI is InChI=1S/C22H22N2O2/c1-13(2)16-8-4-6-14(3)19(16)23-22(26)18-12-24-11-10-15-7-5-9-17(20(15)24)21(18)25/h4-9,12-13H,10-11H2,1-3H3,(H,23,26). The van der Waals surface area contributed by atoms with E-state index in [-0.39, 0.29) is 22.8 Å². The van der Waals surface area contributed by atoms with Crippen molar-refractivity contribution in [2.75, 3.05) is 5.32 Å². The summed E-state index contributed by atoms with van der Waals surface area (Å²) >= 11 is 0. The van der Waals surface area contributed by atoms with E-state index < -0.39 is 0 Å². The van der Waals surface area contributed by atoms with Gasteiger partial charge in [-0.15, -0.1) is 0 Å². The van der Waals surface area contributed by atoms with Gasteiger partial charge in [-0.3, -0.25) is 9.59 Å². The first-order valence-electron chi connectivity index (χ1n) is 9.03. The highest BCUT2D eigenvalue weighted by Gasteiger charge is 2.21. The highest BCUT2D eigenvalue weighted by molar-refractivity contribution is 6.06. The first kappa shape index (κ1) is 16.6. The zero-order valence-corrected chi connectivity index (χ0v) is 15.3. The van der Waals surface area contributed by atoms with Gasteiger partial charge in [-0.2, -0.15) is 0 Å². The number of anilines is 1. The number of carbonyl (C=O) groups is 1. The number of nitrogens with one attached hydrogen (secondary N) is 1. The van der Waals surface area contributed by atoms with Crippen LogP contribution in [0.1, 0.15) is 46.8 Å². The Morgan fingerprint density at radius 1 is 1.15 bits per heavy atom. The second-order valence-corrected chi connectivity index (χ2v) is 7.28. The molecule has 0 saturated carbocycles. The highest BCUT2D eigenvalue weighted by atomic mass is 16.2. The van der Waals surface area contributed by atoms with Crippen molar-refractivity contribution in [2.45, 2.75) is 39.7 Å². The molecule has 4 nitrogen and oxygen atoms in total. The number of carbonyl (C=O) groups excluding carboxylic acids is 1. The summed E-state index contributed by atoms with van der Waals surface area (Å²) in [6.07, 6.45) is 2.61. The lowest BCUT2D eigenvalue weighted by Gasteiger charge is -2.17. The first-order valence-corrected chi connectivity index (χ1v) is 9.03. The number of hydrogen-bond acceptors (Lipinski definition) is 2. The Kier molecular flexibility index (Phi) is 3.91. The third-order valence-electron chi connectivity index (χ3n) is 5.21. The number of nitrogens with zero attached hydrogens (tertiary/aromatic N) is 1. The predicted octanol–water partition coefficient (Wildman–Crippen LogP) is 4.24. The van der Waals surface area contributed by atoms with Gasteiger partial charge in [0.1, 0.15) is 5.56 Å². The molecule has 1 amide bonds. The fourth-order valence-electron chi connectivity index (χ4n) is 3.84. The van der Waals surface area contributed by atoms with Crippen molar-refractivity contribution in [2.24, 2.45) is 0 Å². The molecule has 0 saturated heterocycles. The summed E-state index contributed by atoms with van der Waals surface area (Å²) in [5.74, 6) is -0.0581. The van der Waals surface area contributed by atoms with Gasteiger partial charge in [0, 0.05) is 23.8 Å². The van der Waals surface area contributed by atoms with Gasteiger partial charge in [0.2, 0.25) is 5.43 Å². The van der Waals surface area contributed by atoms with E-state index in [2.05, 4.69) is 19.2 Å². The molecule has 0 radical (unpaired) electrons. The van der Waals surface area contributed by atoms with Crippen LogP contribution in [0.25, 0.3) is 10.9 Å². The van der Waals surface area contributed by atoms with Gasteiger partial charge in [0.25, 0.3) is 5.91 Å². The van der Waals surface area contributed by atoms with Gasteiger partial charge < -0.3 is 9.88 Å². The second kappa shape index (κ2) is 6.13. The summed E-state index contributed by atoms with van der Waals surface area (Å²) in [4.78, 5) is 25.9. The molecule has 4 heteroatoms. The number of amides is 1. The smallest absolute Gasteiger partial charge is 0.261 e. The Hall–Kier alpha value is -2.88. The SMILES string of the molecule is Cc1cccc(C(C)C)c1NC(=O)c1cn2c3c(cccc3c1=O)CC2. The monoisotopic (exact) mass is 346 g/mol. The van der Waals surface area contributed by atoms with Crippen molar-refractivity contribution < 1.29 is 4.79 Å². The van der Waals surface area contributed by atoms with E-state index in [0.717, 1.165) is 35.3 Å². The molecule has 0 spiro atoms. The predicted molar refractivity (Wildman–Crippen MR) is 105 cm³/mol. The van der Waals surface area contributed by atoms with E-state index in [1.165, 1.54) is 5.56 Å². The number of hydrogen-bond donors (Lipinski definition) is 1. The number of benzene rings is 2. The molecule has 1 aliphatic heterocycles. The zero-order valence-electron chi connectivity index (χ0n) is 15.3. The zero-order chi connectivity index (χ0) is 18.4. The van der Waals surface area contributed by atoms with Crippen molar-refractivity contribution in [3.05, 3.63) is 75.1 Å². The van der Waals surface area contributed by atoms with Crippen LogP contribution in [-0.4, -0.2) is 10.5 Å². The molecular weight excluding hydrogens is 324 g/mol. The lowest BCUT2D eigenvalue weighted by molar-refractivity contribution is 0.102. The minimum absolute atomic E-state index is 0.197. The van der Waals surface area contributed by atoms with Crippen LogP contribution in [-0.2, 0) is 13.0 Å². The summed E-state index contributed by atoms with van der Waals surface area (Å²) in [6, 6.07) is 11.7. The fourth-order valence-corrected chi connectivity index (χ4v) is 3.84. The van der Waals surface area contributed by atoms with E-state index >= 15 is 0 Å². The average Bonchev–Trinajstić information content (AvgIpc) is 3.03. The summed E-state index contributed by atoms with van der Waals surface area (Å²) in [6.45, 7) is 6.97. The van der Waals surface area contributed by atoms with Crippen molar-refractivity contribution >= 4 is 22.5 Å². The summed E-state index contributed by atoms with van der Waals surface area (Å²) < 4.78 is 2.03. The van der Waals surface area contributed by atoms with Crippen LogP contribution in [0.15, 0.2) is 47.4 Å². The number of para-hydroxylation sites is 2. The maximum Gasteiger partial charge on any atom is 0.261 e. The molecule has 0 unspecified atom stereocenters. The molecule has 1 aliphatic rings. The van der Waals surface area contributed by atoms with E-state index in [9.17, 15) is 9.59 Å². The average molecular weight is 346 g/mol. The van der Waals surface area contributed by atoms with Crippen LogP contribution in [0.4, 0.5) is 5.69 Å². The lowest BCUT2D eigenvalue weighted by atomic mass is 9.98. The quantitative estimate of drug-likeness (QED) is 0.771. The summed E-state index contributed by atoms with van der Waals surface area (Å²) in [5, 5.41) is 3.62. The molecule has 1 N–H and O–H groups in total. The number of pyridine rings is 1. The van der Waals surface area contributed by atoms with E-state index in [1.807, 2.05) is 47.9 Å². The topological polar surface area (TPSA) is 51.1 Å². The third kappa shape index (κ3) is 2.53. The number of aryl methyl sites for hydroxylation is 3. The molecule has 0 atom stereocenters. The van der Waals surface area contributed by atoms with E-state index in [0.29, 0.717) is 5.39 Å². The Labute approximate surface area is 152 Å². The van der Waals surface area contributed by atoms with Crippen molar-refractivity contribution in [1.29, 1.82) is 0 Å². The molecule has 4 rings (SSSR count). The molecule has 0 bridgehead atoms.